The van der Waals surface area contributed by atoms with E-state index < -0.39 is 0 Å². The number of thiazole rings is 1. The SMILES string of the molecule is CC(C)C(C#N)c1nc(-c2ccc(Br)s2)cs1. The lowest BCUT2D eigenvalue weighted by Gasteiger charge is -2.08. The van der Waals surface area contributed by atoms with Gasteiger partial charge in [-0.1, -0.05) is 13.8 Å². The Labute approximate surface area is 117 Å². The number of rotatable bonds is 3. The van der Waals surface area contributed by atoms with Crippen molar-refractivity contribution in [1.82, 2.24) is 4.98 Å². The van der Waals surface area contributed by atoms with Crippen LogP contribution >= 0.6 is 38.6 Å². The van der Waals surface area contributed by atoms with E-state index in [9.17, 15) is 0 Å². The van der Waals surface area contributed by atoms with Crippen molar-refractivity contribution in [3.05, 3.63) is 26.3 Å². The first kappa shape index (κ1) is 12.7. The topological polar surface area (TPSA) is 36.7 Å². The molecule has 1 atom stereocenters. The van der Waals surface area contributed by atoms with Crippen molar-refractivity contribution in [3.63, 3.8) is 0 Å². The number of aromatic nitrogens is 1. The lowest BCUT2D eigenvalue weighted by atomic mass is 9.98. The van der Waals surface area contributed by atoms with E-state index in [0.717, 1.165) is 19.4 Å². The highest BCUT2D eigenvalue weighted by atomic mass is 79.9. The molecule has 2 nitrogen and oxygen atoms in total. The molecule has 2 aromatic rings. The first-order valence-electron chi connectivity index (χ1n) is 5.22. The number of nitrogens with zero attached hydrogens (tertiary/aromatic N) is 2. The van der Waals surface area contributed by atoms with Crippen molar-refractivity contribution >= 4 is 38.6 Å². The van der Waals surface area contributed by atoms with Crippen LogP contribution in [0.1, 0.15) is 24.8 Å². The summed E-state index contributed by atoms with van der Waals surface area (Å²) in [5.41, 5.74) is 0.974. The Morgan fingerprint density at radius 2 is 2.18 bits per heavy atom. The van der Waals surface area contributed by atoms with Crippen LogP contribution in [0.5, 0.6) is 0 Å². The molecule has 88 valence electrons. The molecule has 0 saturated carbocycles. The number of thiophene rings is 1. The van der Waals surface area contributed by atoms with Crippen LogP contribution in [0.15, 0.2) is 21.3 Å². The van der Waals surface area contributed by atoms with Crippen molar-refractivity contribution < 1.29 is 0 Å². The first-order chi connectivity index (χ1) is 8.11. The minimum Gasteiger partial charge on any atom is -0.239 e. The maximum Gasteiger partial charge on any atom is 0.111 e. The molecule has 0 saturated heterocycles. The maximum absolute atomic E-state index is 9.15. The summed E-state index contributed by atoms with van der Waals surface area (Å²) in [4.78, 5) is 5.71. The van der Waals surface area contributed by atoms with Crippen LogP contribution < -0.4 is 0 Å². The second-order valence-electron chi connectivity index (χ2n) is 4.03. The van der Waals surface area contributed by atoms with Gasteiger partial charge >= 0.3 is 0 Å². The summed E-state index contributed by atoms with van der Waals surface area (Å²) in [7, 11) is 0. The van der Waals surface area contributed by atoms with Gasteiger partial charge in [0, 0.05) is 5.38 Å². The van der Waals surface area contributed by atoms with E-state index in [4.69, 9.17) is 5.26 Å². The van der Waals surface area contributed by atoms with Gasteiger partial charge in [0.05, 0.1) is 20.4 Å². The molecule has 0 aromatic carbocycles. The van der Waals surface area contributed by atoms with Gasteiger partial charge in [0.1, 0.15) is 10.9 Å². The second kappa shape index (κ2) is 5.30. The smallest absolute Gasteiger partial charge is 0.111 e. The fourth-order valence-electron chi connectivity index (χ4n) is 1.49. The average molecular weight is 327 g/mol. The quantitative estimate of drug-likeness (QED) is 0.804. The zero-order valence-corrected chi connectivity index (χ0v) is 12.7. The maximum atomic E-state index is 9.15. The van der Waals surface area contributed by atoms with E-state index in [1.807, 2.05) is 17.5 Å². The van der Waals surface area contributed by atoms with Crippen LogP contribution in [-0.2, 0) is 0 Å². The van der Waals surface area contributed by atoms with Crippen LogP contribution in [0, 0.1) is 17.2 Å². The summed E-state index contributed by atoms with van der Waals surface area (Å²) in [5.74, 6) is 0.200. The fraction of sp³-hybridized carbons (Fsp3) is 0.333. The Morgan fingerprint density at radius 3 is 2.71 bits per heavy atom. The summed E-state index contributed by atoms with van der Waals surface area (Å²) < 4.78 is 1.10. The zero-order valence-electron chi connectivity index (χ0n) is 9.48. The highest BCUT2D eigenvalue weighted by molar-refractivity contribution is 9.11. The lowest BCUT2D eigenvalue weighted by Crippen LogP contribution is -2.03. The van der Waals surface area contributed by atoms with E-state index in [1.165, 1.54) is 0 Å². The van der Waals surface area contributed by atoms with Crippen molar-refractivity contribution in [3.8, 4) is 16.6 Å². The molecule has 2 rings (SSSR count). The number of halogens is 1. The molecule has 2 aromatic heterocycles. The molecule has 0 N–H and O–H groups in total. The van der Waals surface area contributed by atoms with Crippen LogP contribution in [0.25, 0.3) is 10.6 Å². The van der Waals surface area contributed by atoms with Crippen molar-refractivity contribution in [2.24, 2.45) is 5.92 Å². The zero-order chi connectivity index (χ0) is 12.4. The van der Waals surface area contributed by atoms with Gasteiger partial charge in [-0.3, -0.25) is 0 Å². The summed E-state index contributed by atoms with van der Waals surface area (Å²) in [5, 5.41) is 12.1. The van der Waals surface area contributed by atoms with Crippen molar-refractivity contribution in [2.45, 2.75) is 19.8 Å². The second-order valence-corrected chi connectivity index (χ2v) is 7.38. The molecule has 0 spiro atoms. The molecule has 1 unspecified atom stereocenters. The predicted molar refractivity (Wildman–Crippen MR) is 76.3 cm³/mol. The van der Waals surface area contributed by atoms with Gasteiger partial charge in [-0.2, -0.15) is 5.26 Å². The van der Waals surface area contributed by atoms with E-state index in [-0.39, 0.29) is 5.92 Å². The Hall–Kier alpha value is -0.700. The Balaban J connectivity index is 2.30. The van der Waals surface area contributed by atoms with E-state index in [2.05, 4.69) is 40.8 Å². The number of hydrogen-bond donors (Lipinski definition) is 0. The van der Waals surface area contributed by atoms with Gasteiger partial charge in [0.25, 0.3) is 0 Å². The summed E-state index contributed by atoms with van der Waals surface area (Å²) in [6.07, 6.45) is 0. The third kappa shape index (κ3) is 2.76. The van der Waals surface area contributed by atoms with E-state index >= 15 is 0 Å². The van der Waals surface area contributed by atoms with Crippen LogP contribution in [0.4, 0.5) is 0 Å². The molecule has 0 fully saturated rings. The number of hydrogen-bond acceptors (Lipinski definition) is 4. The molecule has 0 amide bonds. The summed E-state index contributed by atoms with van der Waals surface area (Å²) in [6.45, 7) is 4.10. The van der Waals surface area contributed by atoms with Gasteiger partial charge in [0.2, 0.25) is 0 Å². The Morgan fingerprint density at radius 1 is 1.41 bits per heavy atom. The third-order valence-electron chi connectivity index (χ3n) is 2.42. The van der Waals surface area contributed by atoms with Gasteiger partial charge in [0.15, 0.2) is 0 Å². The van der Waals surface area contributed by atoms with Crippen molar-refractivity contribution in [2.75, 3.05) is 0 Å². The van der Waals surface area contributed by atoms with Gasteiger partial charge in [-0.15, -0.1) is 22.7 Å². The Bertz CT molecular complexity index is 551. The van der Waals surface area contributed by atoms with E-state index in [0.29, 0.717) is 5.92 Å². The number of nitriles is 1. The third-order valence-corrected chi connectivity index (χ3v) is 4.99. The standard InChI is InChI=1S/C12H11BrN2S2/c1-7(2)8(5-14)12-15-9(6-16-12)10-3-4-11(13)17-10/h3-4,6-8H,1-2H3. The normalized spacial score (nSPS) is 12.6. The minimum absolute atomic E-state index is 0.0999. The molecule has 0 aliphatic carbocycles. The molecule has 0 bridgehead atoms. The minimum atomic E-state index is -0.0999. The molecular weight excluding hydrogens is 316 g/mol. The molecule has 17 heavy (non-hydrogen) atoms. The monoisotopic (exact) mass is 326 g/mol. The Kier molecular flexibility index (Phi) is 3.97. The molecule has 0 aliphatic rings. The highest BCUT2D eigenvalue weighted by Crippen LogP contribution is 2.34. The average Bonchev–Trinajstić information content (AvgIpc) is 2.87. The summed E-state index contributed by atoms with van der Waals surface area (Å²) in [6, 6.07) is 6.39. The predicted octanol–water partition coefficient (Wildman–Crippen LogP) is 4.90. The van der Waals surface area contributed by atoms with E-state index in [1.54, 1.807) is 22.7 Å². The molecular formula is C12H11BrN2S2. The molecule has 0 aliphatic heterocycles. The van der Waals surface area contributed by atoms with Crippen molar-refractivity contribution in [1.29, 1.82) is 5.26 Å². The van der Waals surface area contributed by atoms with Crippen LogP contribution in [-0.4, -0.2) is 4.98 Å². The molecule has 2 heterocycles. The summed E-state index contributed by atoms with van der Waals surface area (Å²) >= 11 is 6.68. The largest absolute Gasteiger partial charge is 0.239 e. The molecule has 0 radical (unpaired) electrons. The van der Waals surface area contributed by atoms with Crippen LogP contribution in [0.2, 0.25) is 0 Å². The van der Waals surface area contributed by atoms with Gasteiger partial charge in [-0.05, 0) is 34.0 Å². The van der Waals surface area contributed by atoms with Crippen LogP contribution in [0.3, 0.4) is 0 Å². The fourth-order valence-corrected chi connectivity index (χ4v) is 3.94. The molecule has 5 heteroatoms. The van der Waals surface area contributed by atoms with Gasteiger partial charge < -0.3 is 0 Å². The lowest BCUT2D eigenvalue weighted by molar-refractivity contribution is 0.585. The van der Waals surface area contributed by atoms with Gasteiger partial charge in [-0.25, -0.2) is 4.98 Å². The first-order valence-corrected chi connectivity index (χ1v) is 7.71. The highest BCUT2D eigenvalue weighted by Gasteiger charge is 2.19.